The van der Waals surface area contributed by atoms with E-state index in [0.717, 1.165) is 14.0 Å². The number of carbonyl (C=O) groups excluding carboxylic acids is 1. The van der Waals surface area contributed by atoms with Crippen molar-refractivity contribution in [3.63, 3.8) is 0 Å². The molecule has 3 rings (SSSR count). The van der Waals surface area contributed by atoms with E-state index in [1.165, 1.54) is 40.4 Å². The van der Waals surface area contributed by atoms with Crippen LogP contribution in [-0.4, -0.2) is 5.91 Å². The summed E-state index contributed by atoms with van der Waals surface area (Å²) in [5, 5.41) is 14.3. The highest BCUT2D eigenvalue weighted by Crippen LogP contribution is 2.40. The summed E-state index contributed by atoms with van der Waals surface area (Å²) in [5.41, 5.74) is 1.43. The van der Waals surface area contributed by atoms with Gasteiger partial charge in [-0.1, -0.05) is 65.5 Å². The lowest BCUT2D eigenvalue weighted by Gasteiger charge is -2.11. The molecule has 6 heteroatoms. The number of thioether (sulfide) groups is 2. The van der Waals surface area contributed by atoms with Gasteiger partial charge in [0.2, 0.25) is 0 Å². The molecule has 0 radical (unpaired) electrons. The maximum absolute atomic E-state index is 12.4. The number of thiophene rings is 1. The molecule has 0 aliphatic rings. The van der Waals surface area contributed by atoms with Gasteiger partial charge in [0.1, 0.15) is 11.8 Å². The molecule has 0 atom stereocenters. The van der Waals surface area contributed by atoms with Crippen molar-refractivity contribution in [1.29, 1.82) is 5.26 Å². The Morgan fingerprint density at radius 1 is 0.963 bits per heavy atom. The average Bonchev–Trinajstić information content (AvgIpc) is 3.23. The third kappa shape index (κ3) is 5.51. The zero-order valence-corrected chi connectivity index (χ0v) is 17.0. The van der Waals surface area contributed by atoms with E-state index >= 15 is 0 Å². The molecule has 0 aliphatic heterocycles. The maximum Gasteiger partial charge on any atom is 0.266 e. The van der Waals surface area contributed by atoms with Gasteiger partial charge in [0.25, 0.3) is 5.91 Å². The number of amides is 1. The first-order chi connectivity index (χ1) is 13.2. The van der Waals surface area contributed by atoms with Crippen LogP contribution in [0.5, 0.6) is 0 Å². The van der Waals surface area contributed by atoms with E-state index in [1.54, 1.807) is 6.07 Å². The predicted molar refractivity (Wildman–Crippen MR) is 114 cm³/mol. The van der Waals surface area contributed by atoms with E-state index in [9.17, 15) is 10.1 Å². The molecular formula is C21H16N2OS3. The van der Waals surface area contributed by atoms with Gasteiger partial charge >= 0.3 is 0 Å². The minimum atomic E-state index is -0.266. The van der Waals surface area contributed by atoms with Crippen LogP contribution in [0.2, 0.25) is 0 Å². The number of aryl methyl sites for hydroxylation is 1. The Labute approximate surface area is 171 Å². The van der Waals surface area contributed by atoms with Crippen molar-refractivity contribution < 1.29 is 4.79 Å². The maximum atomic E-state index is 12.4. The summed E-state index contributed by atoms with van der Waals surface area (Å²) in [4.78, 5) is 15.0. The van der Waals surface area contributed by atoms with Gasteiger partial charge in [0.05, 0.1) is 9.11 Å². The van der Waals surface area contributed by atoms with E-state index in [2.05, 4.69) is 11.4 Å². The zero-order chi connectivity index (χ0) is 19.1. The van der Waals surface area contributed by atoms with Crippen molar-refractivity contribution in [3.05, 3.63) is 92.5 Å². The molecule has 134 valence electrons. The number of nitrogens with one attached hydrogen (secondary N) is 1. The first-order valence-electron chi connectivity index (χ1n) is 8.12. The van der Waals surface area contributed by atoms with Gasteiger partial charge in [-0.3, -0.25) is 4.79 Å². The number of hydrogen-bond donors (Lipinski definition) is 1. The van der Waals surface area contributed by atoms with E-state index < -0.39 is 0 Å². The molecule has 2 aromatic carbocycles. The first-order valence-corrected chi connectivity index (χ1v) is 10.6. The van der Waals surface area contributed by atoms with Crippen LogP contribution in [0.3, 0.4) is 0 Å². The van der Waals surface area contributed by atoms with Crippen LogP contribution in [-0.2, 0) is 0 Å². The zero-order valence-electron chi connectivity index (χ0n) is 14.5. The molecular weight excluding hydrogens is 392 g/mol. The molecule has 0 unspecified atom stereocenters. The average molecular weight is 409 g/mol. The normalized spacial score (nSPS) is 11.4. The second-order valence-electron chi connectivity index (χ2n) is 5.54. The standard InChI is InChI=1S/C21H16N2OS3/c1-15-9-11-17(12-10-15)27-21(26-16-6-3-2-4-7-16)18(14-22)23-20(24)19-8-5-13-25-19/h2-13H,1H3,(H,23,24)/b21-18-. The monoisotopic (exact) mass is 408 g/mol. The lowest BCUT2D eigenvalue weighted by Crippen LogP contribution is -2.21. The SMILES string of the molecule is Cc1ccc(S/C(Sc2ccccc2)=C(/C#N)NC(=O)c2cccs2)cc1. The number of rotatable bonds is 6. The molecule has 1 heterocycles. The molecule has 0 bridgehead atoms. The van der Waals surface area contributed by atoms with E-state index in [1.807, 2.05) is 73.0 Å². The molecule has 3 aromatic rings. The van der Waals surface area contributed by atoms with Gasteiger partial charge in [-0.15, -0.1) is 11.3 Å². The summed E-state index contributed by atoms with van der Waals surface area (Å²) < 4.78 is 0.734. The van der Waals surface area contributed by atoms with Crippen molar-refractivity contribution >= 4 is 40.8 Å². The van der Waals surface area contributed by atoms with Crippen molar-refractivity contribution in [2.45, 2.75) is 16.7 Å². The van der Waals surface area contributed by atoms with Crippen molar-refractivity contribution in [2.75, 3.05) is 0 Å². The van der Waals surface area contributed by atoms with Crippen molar-refractivity contribution in [2.24, 2.45) is 0 Å². The topological polar surface area (TPSA) is 52.9 Å². The third-order valence-corrected chi connectivity index (χ3v) is 6.65. The largest absolute Gasteiger partial charge is 0.311 e. The van der Waals surface area contributed by atoms with Crippen LogP contribution < -0.4 is 5.32 Å². The van der Waals surface area contributed by atoms with Gasteiger partial charge < -0.3 is 5.32 Å². The van der Waals surface area contributed by atoms with Crippen LogP contribution >= 0.6 is 34.9 Å². The first kappa shape index (κ1) is 19.3. The number of nitriles is 1. The van der Waals surface area contributed by atoms with Crippen molar-refractivity contribution in [1.82, 2.24) is 5.32 Å². The van der Waals surface area contributed by atoms with Crippen LogP contribution in [0, 0.1) is 18.3 Å². The van der Waals surface area contributed by atoms with Crippen molar-refractivity contribution in [3.8, 4) is 6.07 Å². The summed E-state index contributed by atoms with van der Waals surface area (Å²) >= 11 is 4.29. The number of carbonyl (C=O) groups is 1. The van der Waals surface area contributed by atoms with E-state index in [-0.39, 0.29) is 11.6 Å². The second kappa shape index (κ2) is 9.47. The Balaban J connectivity index is 1.92. The lowest BCUT2D eigenvalue weighted by molar-refractivity contribution is 0.0971. The lowest BCUT2D eigenvalue weighted by atomic mass is 10.2. The van der Waals surface area contributed by atoms with Crippen LogP contribution in [0.4, 0.5) is 0 Å². The minimum absolute atomic E-state index is 0.257. The molecule has 0 aliphatic carbocycles. The Morgan fingerprint density at radius 3 is 2.22 bits per heavy atom. The quantitative estimate of drug-likeness (QED) is 0.398. The van der Waals surface area contributed by atoms with Gasteiger partial charge in [-0.05, 0) is 42.6 Å². The summed E-state index contributed by atoms with van der Waals surface area (Å²) in [6.45, 7) is 2.03. The molecule has 1 N–H and O–H groups in total. The molecule has 3 nitrogen and oxygen atoms in total. The molecule has 1 aromatic heterocycles. The number of benzene rings is 2. The fraction of sp³-hybridized carbons (Fsp3) is 0.0476. The van der Waals surface area contributed by atoms with Crippen LogP contribution in [0.15, 0.2) is 91.8 Å². The van der Waals surface area contributed by atoms with Gasteiger partial charge in [-0.2, -0.15) is 5.26 Å². The fourth-order valence-electron chi connectivity index (χ4n) is 2.14. The third-order valence-electron chi connectivity index (χ3n) is 3.48. The smallest absolute Gasteiger partial charge is 0.266 e. The van der Waals surface area contributed by atoms with Crippen LogP contribution in [0.25, 0.3) is 0 Å². The molecule has 27 heavy (non-hydrogen) atoms. The Kier molecular flexibility index (Phi) is 6.77. The van der Waals surface area contributed by atoms with Gasteiger partial charge in [0, 0.05) is 9.79 Å². The highest BCUT2D eigenvalue weighted by Gasteiger charge is 2.15. The Bertz CT molecular complexity index is 973. The number of allylic oxidation sites excluding steroid dienone is 1. The fourth-order valence-corrected chi connectivity index (χ4v) is 4.89. The van der Waals surface area contributed by atoms with Crippen LogP contribution in [0.1, 0.15) is 15.2 Å². The summed E-state index contributed by atoms with van der Waals surface area (Å²) in [5.74, 6) is -0.266. The van der Waals surface area contributed by atoms with E-state index in [0.29, 0.717) is 4.88 Å². The summed E-state index contributed by atoms with van der Waals surface area (Å²) in [6.07, 6.45) is 0. The molecule has 1 amide bonds. The summed E-state index contributed by atoms with van der Waals surface area (Å²) in [6, 6.07) is 23.6. The number of nitrogens with zero attached hydrogens (tertiary/aromatic N) is 1. The molecule has 0 saturated heterocycles. The Morgan fingerprint density at radius 2 is 1.63 bits per heavy atom. The Hall–Kier alpha value is -2.46. The van der Waals surface area contributed by atoms with Gasteiger partial charge in [0.15, 0.2) is 0 Å². The molecule has 0 saturated carbocycles. The second-order valence-corrected chi connectivity index (χ2v) is 8.91. The molecule has 0 fully saturated rings. The number of hydrogen-bond acceptors (Lipinski definition) is 5. The highest BCUT2D eigenvalue weighted by atomic mass is 32.2. The highest BCUT2D eigenvalue weighted by molar-refractivity contribution is 8.22. The van der Waals surface area contributed by atoms with E-state index in [4.69, 9.17) is 0 Å². The molecule has 0 spiro atoms. The predicted octanol–water partition coefficient (Wildman–Crippen LogP) is 6.06. The van der Waals surface area contributed by atoms with Gasteiger partial charge in [-0.25, -0.2) is 0 Å². The minimum Gasteiger partial charge on any atom is -0.311 e. The summed E-state index contributed by atoms with van der Waals surface area (Å²) in [7, 11) is 0.